The van der Waals surface area contributed by atoms with E-state index < -0.39 is 7.12 Å². The molecule has 0 amide bonds. The number of rotatable bonds is 3. The number of hydrogen-bond acceptors (Lipinski definition) is 2. The number of benzene rings is 1. The Hall–Kier alpha value is -1.03. The van der Waals surface area contributed by atoms with E-state index >= 15 is 0 Å². The van der Waals surface area contributed by atoms with Crippen LogP contribution in [0, 0.1) is 0 Å². The third kappa shape index (κ3) is 2.35. The molecule has 0 aliphatic carbocycles. The maximum absolute atomic E-state index is 6.20. The van der Waals surface area contributed by atoms with Gasteiger partial charge in [-0.1, -0.05) is 43.0 Å². The monoisotopic (exact) mass is 290 g/mol. The van der Waals surface area contributed by atoms with Crippen molar-refractivity contribution >= 4 is 36.3 Å². The summed E-state index contributed by atoms with van der Waals surface area (Å²) < 4.78 is 12.2. The Kier molecular flexibility index (Phi) is 3.89. The minimum Gasteiger partial charge on any atom is -0.399 e. The van der Waals surface area contributed by atoms with Crippen LogP contribution in [0.2, 0.25) is 5.02 Å². The molecule has 0 bridgehead atoms. The van der Waals surface area contributed by atoms with E-state index in [2.05, 4.69) is 13.2 Å². The molecular formula is C16H20BClO2. The Morgan fingerprint density at radius 2 is 1.50 bits per heavy atom. The summed E-state index contributed by atoms with van der Waals surface area (Å²) in [6.07, 6.45) is 3.50. The Morgan fingerprint density at radius 3 is 1.95 bits per heavy atom. The molecule has 1 heterocycles. The third-order valence-corrected chi connectivity index (χ3v) is 4.51. The summed E-state index contributed by atoms with van der Waals surface area (Å²) >= 11 is 6.20. The lowest BCUT2D eigenvalue weighted by atomic mass is 9.74. The molecule has 1 aliphatic rings. The van der Waals surface area contributed by atoms with Crippen LogP contribution in [-0.4, -0.2) is 18.3 Å². The first-order valence-corrected chi connectivity index (χ1v) is 7.04. The van der Waals surface area contributed by atoms with Gasteiger partial charge in [-0.2, -0.15) is 0 Å². The molecule has 2 rings (SSSR count). The van der Waals surface area contributed by atoms with Crippen LogP contribution in [0.15, 0.2) is 25.3 Å². The molecular weight excluding hydrogens is 270 g/mol. The van der Waals surface area contributed by atoms with Gasteiger partial charge in [0.25, 0.3) is 0 Å². The minimum absolute atomic E-state index is 0.371. The van der Waals surface area contributed by atoms with Crippen molar-refractivity contribution in [2.45, 2.75) is 38.9 Å². The fourth-order valence-corrected chi connectivity index (χ4v) is 2.48. The highest BCUT2D eigenvalue weighted by Crippen LogP contribution is 2.37. The van der Waals surface area contributed by atoms with Gasteiger partial charge in [-0.25, -0.2) is 0 Å². The largest absolute Gasteiger partial charge is 0.495 e. The first-order chi connectivity index (χ1) is 9.23. The van der Waals surface area contributed by atoms with E-state index in [0.29, 0.717) is 5.02 Å². The fourth-order valence-electron chi connectivity index (χ4n) is 2.24. The van der Waals surface area contributed by atoms with Crippen molar-refractivity contribution in [1.29, 1.82) is 0 Å². The van der Waals surface area contributed by atoms with Crippen molar-refractivity contribution in [3.05, 3.63) is 41.4 Å². The second kappa shape index (κ2) is 5.07. The maximum Gasteiger partial charge on any atom is 0.495 e. The summed E-state index contributed by atoms with van der Waals surface area (Å²) in [6, 6.07) is 3.76. The summed E-state index contributed by atoms with van der Waals surface area (Å²) in [5.41, 5.74) is 1.95. The van der Waals surface area contributed by atoms with Crippen molar-refractivity contribution in [3.63, 3.8) is 0 Å². The average Bonchev–Trinajstić information content (AvgIpc) is 2.57. The van der Waals surface area contributed by atoms with E-state index in [4.69, 9.17) is 20.9 Å². The minimum atomic E-state index is -0.427. The van der Waals surface area contributed by atoms with Crippen LogP contribution in [0.4, 0.5) is 0 Å². The predicted molar refractivity (Wildman–Crippen MR) is 87.4 cm³/mol. The molecule has 2 nitrogen and oxygen atoms in total. The van der Waals surface area contributed by atoms with Gasteiger partial charge in [-0.05, 0) is 50.4 Å². The summed E-state index contributed by atoms with van der Waals surface area (Å²) in [6.45, 7) is 15.8. The fraction of sp³-hybridized carbons (Fsp3) is 0.375. The number of halogens is 1. The molecule has 20 heavy (non-hydrogen) atoms. The van der Waals surface area contributed by atoms with Crippen LogP contribution in [0.3, 0.4) is 0 Å². The normalized spacial score (nSPS) is 19.9. The lowest BCUT2D eigenvalue weighted by molar-refractivity contribution is 0.00578. The summed E-state index contributed by atoms with van der Waals surface area (Å²) in [7, 11) is -0.427. The van der Waals surface area contributed by atoms with E-state index in [-0.39, 0.29) is 11.2 Å². The van der Waals surface area contributed by atoms with E-state index in [9.17, 15) is 0 Å². The Bertz CT molecular complexity index is 548. The van der Waals surface area contributed by atoms with Gasteiger partial charge in [0.1, 0.15) is 0 Å². The van der Waals surface area contributed by atoms with Crippen molar-refractivity contribution in [1.82, 2.24) is 0 Å². The summed E-state index contributed by atoms with van der Waals surface area (Å²) in [4.78, 5) is 0. The molecule has 4 heteroatoms. The highest BCUT2D eigenvalue weighted by Gasteiger charge is 2.52. The van der Waals surface area contributed by atoms with E-state index in [0.717, 1.165) is 16.6 Å². The maximum atomic E-state index is 6.20. The van der Waals surface area contributed by atoms with Crippen LogP contribution in [0.5, 0.6) is 0 Å². The van der Waals surface area contributed by atoms with Gasteiger partial charge >= 0.3 is 7.12 Å². The summed E-state index contributed by atoms with van der Waals surface area (Å²) in [5, 5.41) is 0.648. The molecule has 1 aromatic rings. The van der Waals surface area contributed by atoms with Crippen LogP contribution in [0.1, 0.15) is 38.8 Å². The van der Waals surface area contributed by atoms with Crippen LogP contribution in [-0.2, 0) is 9.31 Å². The van der Waals surface area contributed by atoms with Crippen molar-refractivity contribution in [3.8, 4) is 0 Å². The van der Waals surface area contributed by atoms with E-state index in [1.165, 1.54) is 0 Å². The Balaban J connectivity index is 2.51. The van der Waals surface area contributed by atoms with Crippen molar-refractivity contribution in [2.24, 2.45) is 0 Å². The molecule has 0 spiro atoms. The molecule has 0 aromatic heterocycles. The smallest absolute Gasteiger partial charge is 0.399 e. The molecule has 0 saturated carbocycles. The second-order valence-corrected chi connectivity index (χ2v) is 6.37. The van der Waals surface area contributed by atoms with E-state index in [1.807, 2.05) is 39.8 Å². The standard InChI is InChI=1S/C16H20BClO2/c1-7-11-12(8-2)14(18)10-9-13(11)17-19-15(3,4)16(5,6)20-17/h7-10H,1-2H2,3-6H3. The molecule has 0 atom stereocenters. The SMILES string of the molecule is C=Cc1c(Cl)ccc(B2OC(C)(C)C(C)(C)O2)c1C=C. The molecule has 0 unspecified atom stereocenters. The van der Waals surface area contributed by atoms with Gasteiger partial charge in [0.15, 0.2) is 0 Å². The van der Waals surface area contributed by atoms with Gasteiger partial charge < -0.3 is 9.31 Å². The van der Waals surface area contributed by atoms with Gasteiger partial charge in [0.2, 0.25) is 0 Å². The lowest BCUT2D eigenvalue weighted by Crippen LogP contribution is -2.41. The van der Waals surface area contributed by atoms with Crippen LogP contribution < -0.4 is 5.46 Å². The molecule has 0 N–H and O–H groups in total. The molecule has 1 fully saturated rings. The van der Waals surface area contributed by atoms with Crippen molar-refractivity contribution < 1.29 is 9.31 Å². The predicted octanol–water partition coefficient (Wildman–Crippen LogP) is 3.93. The van der Waals surface area contributed by atoms with Crippen LogP contribution in [0.25, 0.3) is 12.2 Å². The zero-order chi connectivity index (χ0) is 15.1. The topological polar surface area (TPSA) is 18.5 Å². The lowest BCUT2D eigenvalue weighted by Gasteiger charge is -2.32. The Labute approximate surface area is 126 Å². The van der Waals surface area contributed by atoms with Gasteiger partial charge in [-0.3, -0.25) is 0 Å². The first kappa shape index (κ1) is 15.4. The zero-order valence-electron chi connectivity index (χ0n) is 12.5. The van der Waals surface area contributed by atoms with Gasteiger partial charge in [0, 0.05) is 5.02 Å². The van der Waals surface area contributed by atoms with Gasteiger partial charge in [0.05, 0.1) is 11.2 Å². The average molecular weight is 291 g/mol. The molecule has 1 aliphatic heterocycles. The van der Waals surface area contributed by atoms with E-state index in [1.54, 1.807) is 12.2 Å². The number of hydrogen-bond donors (Lipinski definition) is 0. The first-order valence-electron chi connectivity index (χ1n) is 6.66. The highest BCUT2D eigenvalue weighted by atomic mass is 35.5. The third-order valence-electron chi connectivity index (χ3n) is 4.18. The van der Waals surface area contributed by atoms with Gasteiger partial charge in [-0.15, -0.1) is 0 Å². The van der Waals surface area contributed by atoms with Crippen LogP contribution >= 0.6 is 11.6 Å². The van der Waals surface area contributed by atoms with Crippen molar-refractivity contribution in [2.75, 3.05) is 0 Å². The Morgan fingerprint density at radius 1 is 1.00 bits per heavy atom. The highest BCUT2D eigenvalue weighted by molar-refractivity contribution is 6.63. The summed E-state index contributed by atoms with van der Waals surface area (Å²) in [5.74, 6) is 0. The quantitative estimate of drug-likeness (QED) is 0.785. The molecule has 1 aromatic carbocycles. The second-order valence-electron chi connectivity index (χ2n) is 5.96. The molecule has 106 valence electrons. The molecule has 1 saturated heterocycles. The molecule has 0 radical (unpaired) electrons. The zero-order valence-corrected chi connectivity index (χ0v) is 13.3.